The summed E-state index contributed by atoms with van der Waals surface area (Å²) in [5, 5.41) is 3.38. The lowest BCUT2D eigenvalue weighted by molar-refractivity contribution is 0.517. The topological polar surface area (TPSA) is 12.0 Å². The van der Waals surface area contributed by atoms with Gasteiger partial charge in [0.05, 0.1) is 0 Å². The molecular weight excluding hydrogens is 110 g/mol. The minimum Gasteiger partial charge on any atom is -0.316 e. The quantitative estimate of drug-likeness (QED) is 0.594. The lowest BCUT2D eigenvalue weighted by Crippen LogP contribution is -2.28. The maximum atomic E-state index is 3.38. The molecule has 0 bridgehead atoms. The Labute approximate surface area is 57.8 Å². The summed E-state index contributed by atoms with van der Waals surface area (Å²) < 4.78 is 0. The van der Waals surface area contributed by atoms with Gasteiger partial charge in [-0.1, -0.05) is 13.3 Å². The van der Waals surface area contributed by atoms with Crippen LogP contribution in [0.25, 0.3) is 0 Å². The third-order valence-electron chi connectivity index (χ3n) is 1.86. The molecule has 1 heteroatoms. The molecular formula is C8H16N. The second-order valence-electron chi connectivity index (χ2n) is 2.78. The van der Waals surface area contributed by atoms with Crippen LogP contribution >= 0.6 is 0 Å². The van der Waals surface area contributed by atoms with Crippen molar-refractivity contribution in [2.75, 3.05) is 13.1 Å². The number of hydrogen-bond acceptors (Lipinski definition) is 1. The van der Waals surface area contributed by atoms with Gasteiger partial charge in [-0.15, -0.1) is 0 Å². The van der Waals surface area contributed by atoms with Crippen molar-refractivity contribution in [3.63, 3.8) is 0 Å². The fourth-order valence-corrected chi connectivity index (χ4v) is 1.38. The number of piperidine rings is 1. The standard InChI is InChI=1S/C8H16N/c1-2-4-8-5-3-6-9-7-8/h9H,2-7H2,1H3. The van der Waals surface area contributed by atoms with Crippen molar-refractivity contribution in [1.29, 1.82) is 0 Å². The highest BCUT2D eigenvalue weighted by Gasteiger charge is 2.10. The fourth-order valence-electron chi connectivity index (χ4n) is 1.38. The van der Waals surface area contributed by atoms with Crippen LogP contribution in [0.2, 0.25) is 0 Å². The Morgan fingerprint density at radius 3 is 3.00 bits per heavy atom. The average Bonchev–Trinajstić information content (AvgIpc) is 1.91. The summed E-state index contributed by atoms with van der Waals surface area (Å²) in [6, 6.07) is 0. The van der Waals surface area contributed by atoms with Gasteiger partial charge in [-0.25, -0.2) is 0 Å². The van der Waals surface area contributed by atoms with Gasteiger partial charge in [0.15, 0.2) is 0 Å². The number of nitrogens with one attached hydrogen (secondary N) is 1. The van der Waals surface area contributed by atoms with Gasteiger partial charge in [0.2, 0.25) is 0 Å². The molecule has 1 fully saturated rings. The number of rotatable bonds is 2. The van der Waals surface area contributed by atoms with Crippen LogP contribution in [0.1, 0.15) is 32.6 Å². The largest absolute Gasteiger partial charge is 0.316 e. The van der Waals surface area contributed by atoms with Gasteiger partial charge in [-0.05, 0) is 31.7 Å². The molecule has 1 N–H and O–H groups in total. The van der Waals surface area contributed by atoms with E-state index >= 15 is 0 Å². The zero-order chi connectivity index (χ0) is 6.53. The first-order valence-corrected chi connectivity index (χ1v) is 3.97. The van der Waals surface area contributed by atoms with Gasteiger partial charge in [0, 0.05) is 6.54 Å². The summed E-state index contributed by atoms with van der Waals surface area (Å²) >= 11 is 0. The molecule has 0 saturated carbocycles. The maximum Gasteiger partial charge on any atom is 0.00136 e. The smallest absolute Gasteiger partial charge is 0.00136 e. The Morgan fingerprint density at radius 1 is 1.56 bits per heavy atom. The molecule has 1 radical (unpaired) electrons. The van der Waals surface area contributed by atoms with Crippen LogP contribution in [-0.4, -0.2) is 13.1 Å². The first-order chi connectivity index (χ1) is 4.43. The Kier molecular flexibility index (Phi) is 3.05. The highest BCUT2D eigenvalue weighted by Crippen LogP contribution is 2.17. The van der Waals surface area contributed by atoms with E-state index in [4.69, 9.17) is 0 Å². The van der Waals surface area contributed by atoms with Crippen LogP contribution in [0.5, 0.6) is 0 Å². The summed E-state index contributed by atoms with van der Waals surface area (Å²) in [7, 11) is 0. The molecule has 53 valence electrons. The fraction of sp³-hybridized carbons (Fsp3) is 0.875. The molecule has 0 atom stereocenters. The SMILES string of the molecule is CCC[C]1CCCNC1. The monoisotopic (exact) mass is 126 g/mol. The molecule has 0 aromatic heterocycles. The van der Waals surface area contributed by atoms with E-state index in [0.717, 1.165) is 0 Å². The second-order valence-corrected chi connectivity index (χ2v) is 2.78. The summed E-state index contributed by atoms with van der Waals surface area (Å²) in [4.78, 5) is 0. The Balaban J connectivity index is 2.08. The van der Waals surface area contributed by atoms with Gasteiger partial charge >= 0.3 is 0 Å². The van der Waals surface area contributed by atoms with Crippen molar-refractivity contribution < 1.29 is 0 Å². The van der Waals surface area contributed by atoms with Gasteiger partial charge < -0.3 is 5.32 Å². The van der Waals surface area contributed by atoms with Crippen molar-refractivity contribution in [2.24, 2.45) is 0 Å². The Bertz CT molecular complexity index is 62.2. The highest BCUT2D eigenvalue weighted by atomic mass is 14.9. The molecule has 1 rings (SSSR count). The Morgan fingerprint density at radius 2 is 2.44 bits per heavy atom. The first kappa shape index (κ1) is 7.07. The molecule has 1 aliphatic rings. The average molecular weight is 126 g/mol. The van der Waals surface area contributed by atoms with Crippen molar-refractivity contribution in [3.8, 4) is 0 Å². The highest BCUT2D eigenvalue weighted by molar-refractivity contribution is 4.94. The van der Waals surface area contributed by atoms with E-state index < -0.39 is 0 Å². The van der Waals surface area contributed by atoms with E-state index in [1.807, 2.05) is 0 Å². The lowest BCUT2D eigenvalue weighted by Gasteiger charge is -2.21. The van der Waals surface area contributed by atoms with E-state index in [1.54, 1.807) is 5.92 Å². The van der Waals surface area contributed by atoms with Gasteiger partial charge in [0.1, 0.15) is 0 Å². The molecule has 0 aliphatic carbocycles. The van der Waals surface area contributed by atoms with Gasteiger partial charge in [-0.3, -0.25) is 0 Å². The zero-order valence-electron chi connectivity index (χ0n) is 6.24. The predicted octanol–water partition coefficient (Wildman–Crippen LogP) is 1.74. The van der Waals surface area contributed by atoms with Gasteiger partial charge in [-0.2, -0.15) is 0 Å². The van der Waals surface area contributed by atoms with Crippen LogP contribution in [-0.2, 0) is 0 Å². The van der Waals surface area contributed by atoms with Crippen LogP contribution in [0.15, 0.2) is 0 Å². The summed E-state index contributed by atoms with van der Waals surface area (Å²) in [6.45, 7) is 4.67. The van der Waals surface area contributed by atoms with Crippen LogP contribution in [0.3, 0.4) is 0 Å². The lowest BCUT2D eigenvalue weighted by atomic mass is 9.95. The van der Waals surface area contributed by atoms with Crippen molar-refractivity contribution in [2.45, 2.75) is 32.6 Å². The zero-order valence-corrected chi connectivity index (χ0v) is 6.24. The number of hydrogen-bond donors (Lipinski definition) is 1. The maximum absolute atomic E-state index is 3.38. The van der Waals surface area contributed by atoms with Crippen LogP contribution in [0.4, 0.5) is 0 Å². The summed E-state index contributed by atoms with van der Waals surface area (Å²) in [6.07, 6.45) is 5.39. The van der Waals surface area contributed by atoms with E-state index in [-0.39, 0.29) is 0 Å². The molecule has 1 nitrogen and oxygen atoms in total. The third-order valence-corrected chi connectivity index (χ3v) is 1.86. The predicted molar refractivity (Wildman–Crippen MR) is 40.3 cm³/mol. The van der Waals surface area contributed by atoms with Crippen LogP contribution in [0, 0.1) is 5.92 Å². The van der Waals surface area contributed by atoms with E-state index in [9.17, 15) is 0 Å². The second kappa shape index (κ2) is 3.89. The molecule has 0 spiro atoms. The third kappa shape index (κ3) is 2.35. The molecule has 9 heavy (non-hydrogen) atoms. The van der Waals surface area contributed by atoms with E-state index in [2.05, 4.69) is 12.2 Å². The van der Waals surface area contributed by atoms with Crippen LogP contribution < -0.4 is 5.32 Å². The normalized spacial score (nSPS) is 22.3. The molecule has 0 amide bonds. The minimum atomic E-state index is 1.19. The minimum absolute atomic E-state index is 1.19. The molecule has 0 unspecified atom stereocenters. The van der Waals surface area contributed by atoms with Gasteiger partial charge in [0.25, 0.3) is 0 Å². The van der Waals surface area contributed by atoms with E-state index in [0.29, 0.717) is 0 Å². The summed E-state index contributed by atoms with van der Waals surface area (Å²) in [5.74, 6) is 1.73. The summed E-state index contributed by atoms with van der Waals surface area (Å²) in [5.41, 5.74) is 0. The molecule has 1 saturated heterocycles. The molecule has 1 heterocycles. The Hall–Kier alpha value is -0.0400. The molecule has 0 aromatic rings. The molecule has 0 aromatic carbocycles. The first-order valence-electron chi connectivity index (χ1n) is 3.97. The van der Waals surface area contributed by atoms with Crippen molar-refractivity contribution in [3.05, 3.63) is 5.92 Å². The molecule has 1 aliphatic heterocycles. The van der Waals surface area contributed by atoms with Crippen molar-refractivity contribution in [1.82, 2.24) is 5.32 Å². The van der Waals surface area contributed by atoms with E-state index in [1.165, 1.54) is 38.8 Å². The van der Waals surface area contributed by atoms with Crippen molar-refractivity contribution >= 4 is 0 Å².